The van der Waals surface area contributed by atoms with E-state index in [2.05, 4.69) is 33.0 Å². The average molecular weight is 214 g/mol. The zero-order valence-corrected chi connectivity index (χ0v) is 10.6. The molecule has 0 saturated carbocycles. The van der Waals surface area contributed by atoms with Crippen LogP contribution in [0.15, 0.2) is 4.99 Å². The van der Waals surface area contributed by atoms with Crippen molar-refractivity contribution in [3.8, 4) is 0 Å². The first-order valence-electron chi connectivity index (χ1n) is 5.56. The number of aliphatic imine (C=N–C) groups is 1. The Hall–Kier alpha value is -0.180. The number of rotatable bonds is 3. The van der Waals surface area contributed by atoms with Gasteiger partial charge < -0.3 is 5.32 Å². The fourth-order valence-electron chi connectivity index (χ4n) is 1.30. The van der Waals surface area contributed by atoms with Crippen molar-refractivity contribution in [2.45, 2.75) is 58.5 Å². The molecule has 14 heavy (non-hydrogen) atoms. The molecule has 0 aromatic heterocycles. The Morgan fingerprint density at radius 2 is 2.21 bits per heavy atom. The van der Waals surface area contributed by atoms with E-state index in [4.69, 9.17) is 4.99 Å². The van der Waals surface area contributed by atoms with Crippen LogP contribution in [0.4, 0.5) is 0 Å². The minimum atomic E-state index is 0.182. The first-order chi connectivity index (χ1) is 6.57. The molecule has 1 rings (SSSR count). The lowest BCUT2D eigenvalue weighted by Gasteiger charge is -2.29. The maximum atomic E-state index is 4.70. The Labute approximate surface area is 92.0 Å². The minimum absolute atomic E-state index is 0.182. The van der Waals surface area contributed by atoms with E-state index in [1.807, 2.05) is 11.8 Å². The maximum Gasteiger partial charge on any atom is 0.157 e. The zero-order valence-electron chi connectivity index (χ0n) is 9.76. The highest BCUT2D eigenvalue weighted by atomic mass is 32.2. The molecule has 2 nitrogen and oxygen atoms in total. The average Bonchev–Trinajstić information content (AvgIpc) is 2.17. The number of nitrogens with zero attached hydrogens (tertiary/aromatic N) is 1. The summed E-state index contributed by atoms with van der Waals surface area (Å²) >= 11 is 1.86. The van der Waals surface area contributed by atoms with Crippen molar-refractivity contribution in [3.63, 3.8) is 0 Å². The predicted molar refractivity (Wildman–Crippen MR) is 66.1 cm³/mol. The Morgan fingerprint density at radius 3 is 2.79 bits per heavy atom. The third-order valence-electron chi connectivity index (χ3n) is 2.79. The second kappa shape index (κ2) is 5.06. The van der Waals surface area contributed by atoms with Crippen LogP contribution in [0.25, 0.3) is 0 Å². The van der Waals surface area contributed by atoms with Gasteiger partial charge in [-0.05, 0) is 33.1 Å². The van der Waals surface area contributed by atoms with Crippen LogP contribution >= 0.6 is 11.8 Å². The van der Waals surface area contributed by atoms with Crippen molar-refractivity contribution >= 4 is 16.9 Å². The van der Waals surface area contributed by atoms with E-state index < -0.39 is 0 Å². The van der Waals surface area contributed by atoms with Gasteiger partial charge in [-0.15, -0.1) is 0 Å². The van der Waals surface area contributed by atoms with Crippen LogP contribution in [-0.4, -0.2) is 22.5 Å². The normalized spacial score (nSPS) is 23.1. The summed E-state index contributed by atoms with van der Waals surface area (Å²) in [6.45, 7) is 8.88. The molecule has 82 valence electrons. The summed E-state index contributed by atoms with van der Waals surface area (Å²) in [6, 6.07) is 0.548. The molecule has 1 atom stereocenters. The standard InChI is InChI=1S/C11H22N2S/c1-5-9-7-8-14-10(12-9)13-11(3,4)6-2/h9H,5-8H2,1-4H3,(H,12,13). The topological polar surface area (TPSA) is 24.4 Å². The fourth-order valence-corrected chi connectivity index (χ4v) is 2.46. The summed E-state index contributed by atoms with van der Waals surface area (Å²) < 4.78 is 0. The molecule has 0 saturated heterocycles. The molecule has 0 bridgehead atoms. The summed E-state index contributed by atoms with van der Waals surface area (Å²) in [5, 5.41) is 4.67. The SMILES string of the molecule is CCC1CCSC(NC(C)(C)CC)=N1. The van der Waals surface area contributed by atoms with Gasteiger partial charge >= 0.3 is 0 Å². The van der Waals surface area contributed by atoms with Crippen molar-refractivity contribution in [1.29, 1.82) is 0 Å². The van der Waals surface area contributed by atoms with Gasteiger partial charge in [-0.25, -0.2) is 0 Å². The van der Waals surface area contributed by atoms with E-state index in [-0.39, 0.29) is 5.54 Å². The van der Waals surface area contributed by atoms with Crippen molar-refractivity contribution in [2.75, 3.05) is 5.75 Å². The summed E-state index contributed by atoms with van der Waals surface area (Å²) in [5.74, 6) is 1.21. The van der Waals surface area contributed by atoms with Crippen molar-refractivity contribution in [1.82, 2.24) is 5.32 Å². The third kappa shape index (κ3) is 3.52. The molecule has 0 aromatic carbocycles. The molecule has 3 heteroatoms. The van der Waals surface area contributed by atoms with E-state index in [1.54, 1.807) is 0 Å². The molecular weight excluding hydrogens is 192 g/mol. The summed E-state index contributed by atoms with van der Waals surface area (Å²) in [7, 11) is 0. The van der Waals surface area contributed by atoms with Gasteiger partial charge in [0.05, 0.1) is 6.04 Å². The Morgan fingerprint density at radius 1 is 1.50 bits per heavy atom. The summed E-state index contributed by atoms with van der Waals surface area (Å²) in [5.41, 5.74) is 0.182. The van der Waals surface area contributed by atoms with Crippen LogP contribution < -0.4 is 5.32 Å². The Bertz CT molecular complexity index is 211. The maximum absolute atomic E-state index is 4.70. The third-order valence-corrected chi connectivity index (χ3v) is 3.71. The molecule has 1 N–H and O–H groups in total. The minimum Gasteiger partial charge on any atom is -0.360 e. The lowest BCUT2D eigenvalue weighted by atomic mass is 10.0. The van der Waals surface area contributed by atoms with Crippen molar-refractivity contribution in [3.05, 3.63) is 0 Å². The van der Waals surface area contributed by atoms with Gasteiger partial charge in [0.2, 0.25) is 0 Å². The molecule has 1 unspecified atom stereocenters. The molecule has 1 aliphatic rings. The van der Waals surface area contributed by atoms with Crippen LogP contribution in [0.3, 0.4) is 0 Å². The Kier molecular flexibility index (Phi) is 4.30. The first-order valence-corrected chi connectivity index (χ1v) is 6.54. The van der Waals surface area contributed by atoms with Crippen LogP contribution in [0.2, 0.25) is 0 Å². The van der Waals surface area contributed by atoms with Crippen LogP contribution in [0, 0.1) is 0 Å². The molecule has 1 aliphatic heterocycles. The molecule has 0 spiro atoms. The number of hydrogen-bond donors (Lipinski definition) is 1. The molecule has 1 heterocycles. The summed E-state index contributed by atoms with van der Waals surface area (Å²) in [6.07, 6.45) is 3.53. The van der Waals surface area contributed by atoms with E-state index in [0.717, 1.165) is 18.0 Å². The van der Waals surface area contributed by atoms with Gasteiger partial charge in [-0.2, -0.15) is 0 Å². The van der Waals surface area contributed by atoms with Gasteiger partial charge in [0, 0.05) is 11.3 Å². The number of nitrogens with one attached hydrogen (secondary N) is 1. The highest BCUT2D eigenvalue weighted by Crippen LogP contribution is 2.20. The molecular formula is C11H22N2S. The molecule has 0 aliphatic carbocycles. The van der Waals surface area contributed by atoms with Gasteiger partial charge in [0.25, 0.3) is 0 Å². The quantitative estimate of drug-likeness (QED) is 0.781. The monoisotopic (exact) mass is 214 g/mol. The highest BCUT2D eigenvalue weighted by Gasteiger charge is 2.20. The second-order valence-corrected chi connectivity index (χ2v) is 5.58. The van der Waals surface area contributed by atoms with E-state index in [0.29, 0.717) is 6.04 Å². The smallest absolute Gasteiger partial charge is 0.157 e. The van der Waals surface area contributed by atoms with Crippen molar-refractivity contribution < 1.29 is 0 Å². The van der Waals surface area contributed by atoms with Crippen LogP contribution in [0.1, 0.15) is 47.0 Å². The fraction of sp³-hybridized carbons (Fsp3) is 0.909. The summed E-state index contributed by atoms with van der Waals surface area (Å²) in [4.78, 5) is 4.70. The van der Waals surface area contributed by atoms with Crippen LogP contribution in [0.5, 0.6) is 0 Å². The highest BCUT2D eigenvalue weighted by molar-refractivity contribution is 8.13. The molecule has 0 radical (unpaired) electrons. The van der Waals surface area contributed by atoms with Crippen LogP contribution in [-0.2, 0) is 0 Å². The molecule has 0 fully saturated rings. The van der Waals surface area contributed by atoms with Gasteiger partial charge in [-0.1, -0.05) is 25.6 Å². The van der Waals surface area contributed by atoms with Gasteiger partial charge in [0.15, 0.2) is 5.17 Å². The van der Waals surface area contributed by atoms with E-state index in [9.17, 15) is 0 Å². The number of hydrogen-bond acceptors (Lipinski definition) is 3. The largest absolute Gasteiger partial charge is 0.360 e. The lowest BCUT2D eigenvalue weighted by Crippen LogP contribution is -2.43. The van der Waals surface area contributed by atoms with E-state index >= 15 is 0 Å². The molecule has 0 aromatic rings. The zero-order chi connectivity index (χ0) is 10.6. The van der Waals surface area contributed by atoms with Gasteiger partial charge in [0.1, 0.15) is 0 Å². The Balaban J connectivity index is 2.55. The first kappa shape index (κ1) is 11.9. The van der Waals surface area contributed by atoms with Crippen molar-refractivity contribution in [2.24, 2.45) is 4.99 Å². The molecule has 0 amide bonds. The van der Waals surface area contributed by atoms with Gasteiger partial charge in [-0.3, -0.25) is 4.99 Å². The lowest BCUT2D eigenvalue weighted by molar-refractivity contribution is 0.445. The predicted octanol–water partition coefficient (Wildman–Crippen LogP) is 3.04. The second-order valence-electron chi connectivity index (χ2n) is 4.50. The number of thioether (sulfide) groups is 1. The van der Waals surface area contributed by atoms with E-state index in [1.165, 1.54) is 12.2 Å². The number of amidine groups is 1.